The van der Waals surface area contributed by atoms with Crippen molar-refractivity contribution in [3.63, 3.8) is 0 Å². The van der Waals surface area contributed by atoms with Crippen molar-refractivity contribution in [1.29, 1.82) is 0 Å². The third-order valence-electron chi connectivity index (χ3n) is 9.67. The SMILES string of the molecule is COC(=O)[C@H](C)Cc1csc(C2(C)CCCC(C)(C)CS(=O)(=O)CCc3c(c(F)cc4[nH]ccc34)Oc3ccc(F)c(c3)-c3nc2nn3C)c1. The quantitative estimate of drug-likeness (QED) is 0.187. The molecule has 0 aliphatic carbocycles. The molecule has 6 rings (SSSR count). The third kappa shape index (κ3) is 7.20. The molecule has 0 saturated carbocycles. The van der Waals surface area contributed by atoms with Gasteiger partial charge in [-0.2, -0.15) is 5.10 Å². The average Bonchev–Trinajstić information content (AvgIpc) is 3.81. The molecule has 1 aliphatic heterocycles. The summed E-state index contributed by atoms with van der Waals surface area (Å²) in [6.45, 7) is 7.77. The molecule has 5 aromatic rings. The molecule has 4 heterocycles. The standard InChI is InChI=1S/C37H42F2N4O5S2/c1-22(34(44)47-6)16-23-17-31(49-20-23)37(4)13-7-12-36(2,3)21-50(45,46)15-11-26-25-10-14-40-30(25)19-29(39)32(26)48-24-8-9-28(38)27(18-24)33-41-35(37)42-43(33)5/h8-10,14,17-20,22,40H,7,11-13,15-16,21H2,1-6H3/t22-,37?/m1/s1. The first-order valence-corrected chi connectivity index (χ1v) is 19.3. The lowest BCUT2D eigenvalue weighted by Gasteiger charge is -2.29. The molecule has 1 unspecified atom stereocenters. The van der Waals surface area contributed by atoms with Crippen LogP contribution in [0.5, 0.6) is 11.5 Å². The Morgan fingerprint density at radius 2 is 1.92 bits per heavy atom. The molecule has 13 heteroatoms. The highest BCUT2D eigenvalue weighted by atomic mass is 32.2. The number of H-pyrrole nitrogens is 1. The van der Waals surface area contributed by atoms with E-state index in [4.69, 9.17) is 19.6 Å². The maximum absolute atomic E-state index is 15.7. The topological polar surface area (TPSA) is 116 Å². The number of aromatic nitrogens is 4. The Morgan fingerprint density at radius 3 is 2.68 bits per heavy atom. The molecule has 1 N–H and O–H groups in total. The van der Waals surface area contributed by atoms with Crippen LogP contribution in [0.2, 0.25) is 0 Å². The molecule has 0 amide bonds. The van der Waals surface area contributed by atoms with Crippen molar-refractivity contribution in [3.8, 4) is 22.9 Å². The number of nitrogens with one attached hydrogen (secondary N) is 1. The predicted molar refractivity (Wildman–Crippen MR) is 190 cm³/mol. The molecule has 9 nitrogen and oxygen atoms in total. The van der Waals surface area contributed by atoms with Gasteiger partial charge in [0.25, 0.3) is 0 Å². The molecule has 0 fully saturated rings. The van der Waals surface area contributed by atoms with Crippen LogP contribution in [0.25, 0.3) is 22.3 Å². The number of aromatic amines is 1. The number of sulfone groups is 1. The molecular formula is C37H42F2N4O5S2. The second-order valence-corrected chi connectivity index (χ2v) is 17.5. The lowest BCUT2D eigenvalue weighted by Crippen LogP contribution is -2.29. The predicted octanol–water partition coefficient (Wildman–Crippen LogP) is 7.92. The number of hydrogen-bond donors (Lipinski definition) is 1. The van der Waals surface area contributed by atoms with Gasteiger partial charge < -0.3 is 14.5 Å². The van der Waals surface area contributed by atoms with Crippen molar-refractivity contribution < 1.29 is 31.5 Å². The Morgan fingerprint density at radius 1 is 1.14 bits per heavy atom. The maximum Gasteiger partial charge on any atom is 0.308 e. The highest BCUT2D eigenvalue weighted by molar-refractivity contribution is 7.91. The summed E-state index contributed by atoms with van der Waals surface area (Å²) in [5.74, 6) is -1.25. The van der Waals surface area contributed by atoms with Crippen LogP contribution in [0.1, 0.15) is 68.8 Å². The number of rotatable bonds is 4. The van der Waals surface area contributed by atoms with Crippen LogP contribution in [0.3, 0.4) is 0 Å². The monoisotopic (exact) mass is 724 g/mol. The number of carbonyl (C=O) groups excluding carboxylic acids is 1. The smallest absolute Gasteiger partial charge is 0.308 e. The first kappa shape index (κ1) is 35.7. The van der Waals surface area contributed by atoms with Crippen LogP contribution in [0, 0.1) is 23.0 Å². The molecule has 0 saturated heterocycles. The summed E-state index contributed by atoms with van der Waals surface area (Å²) in [7, 11) is -0.501. The van der Waals surface area contributed by atoms with Gasteiger partial charge in [0.05, 0.1) is 35.5 Å². The minimum atomic E-state index is -3.58. The van der Waals surface area contributed by atoms with E-state index in [2.05, 4.69) is 11.1 Å². The Kier molecular flexibility index (Phi) is 9.68. The average molecular weight is 725 g/mol. The van der Waals surface area contributed by atoms with E-state index in [-0.39, 0.29) is 52.7 Å². The van der Waals surface area contributed by atoms with Gasteiger partial charge in [-0.25, -0.2) is 26.9 Å². The van der Waals surface area contributed by atoms with Crippen LogP contribution < -0.4 is 4.74 Å². The summed E-state index contributed by atoms with van der Waals surface area (Å²) in [4.78, 5) is 21.0. The molecule has 0 radical (unpaired) electrons. The zero-order valence-corrected chi connectivity index (χ0v) is 30.7. The zero-order valence-electron chi connectivity index (χ0n) is 29.1. The Hall–Kier alpha value is -4.10. The van der Waals surface area contributed by atoms with Crippen LogP contribution in [-0.2, 0) is 44.7 Å². The number of aryl methyl sites for hydroxylation is 2. The van der Waals surface area contributed by atoms with Gasteiger partial charge in [0.1, 0.15) is 11.6 Å². The summed E-state index contributed by atoms with van der Waals surface area (Å²) in [6, 6.07) is 9.25. The summed E-state index contributed by atoms with van der Waals surface area (Å²) in [5.41, 5.74) is 0.765. The minimum absolute atomic E-state index is 0.0357. The van der Waals surface area contributed by atoms with Crippen LogP contribution in [-0.4, -0.2) is 52.8 Å². The van der Waals surface area contributed by atoms with Gasteiger partial charge >= 0.3 is 5.97 Å². The summed E-state index contributed by atoms with van der Waals surface area (Å²) >= 11 is 1.54. The number of ether oxygens (including phenoxy) is 2. The summed E-state index contributed by atoms with van der Waals surface area (Å²) in [6.07, 6.45) is 4.07. The van der Waals surface area contributed by atoms with Crippen molar-refractivity contribution in [2.45, 2.75) is 65.2 Å². The Labute approximate surface area is 295 Å². The maximum atomic E-state index is 15.7. The van der Waals surface area contributed by atoms with Gasteiger partial charge in [0.2, 0.25) is 0 Å². The number of esters is 1. The third-order valence-corrected chi connectivity index (χ3v) is 13.0. The van der Waals surface area contributed by atoms with E-state index in [9.17, 15) is 13.2 Å². The normalized spacial score (nSPS) is 19.9. The van der Waals surface area contributed by atoms with Gasteiger partial charge in [0.15, 0.2) is 33.1 Å². The van der Waals surface area contributed by atoms with Crippen LogP contribution in [0.4, 0.5) is 8.78 Å². The van der Waals surface area contributed by atoms with Gasteiger partial charge in [-0.1, -0.05) is 27.2 Å². The molecule has 266 valence electrons. The van der Waals surface area contributed by atoms with E-state index < -0.39 is 32.3 Å². The van der Waals surface area contributed by atoms with Gasteiger partial charge in [0, 0.05) is 40.7 Å². The fourth-order valence-electron chi connectivity index (χ4n) is 6.96. The lowest BCUT2D eigenvalue weighted by molar-refractivity contribution is -0.144. The molecule has 50 heavy (non-hydrogen) atoms. The van der Waals surface area contributed by atoms with Gasteiger partial charge in [-0.05, 0) is 79.3 Å². The van der Waals surface area contributed by atoms with Crippen molar-refractivity contribution in [2.24, 2.45) is 18.4 Å². The van der Waals surface area contributed by atoms with Crippen LogP contribution in [0.15, 0.2) is 48.0 Å². The van der Waals surface area contributed by atoms with E-state index in [1.54, 1.807) is 30.6 Å². The zero-order chi connectivity index (χ0) is 36.0. The number of nitrogens with zero attached hydrogens (tertiary/aromatic N) is 3. The van der Waals surface area contributed by atoms with E-state index in [1.165, 1.54) is 36.1 Å². The summed E-state index contributed by atoms with van der Waals surface area (Å²) < 4.78 is 71.1. The van der Waals surface area contributed by atoms with Crippen molar-refractivity contribution in [3.05, 3.63) is 81.4 Å². The van der Waals surface area contributed by atoms with Crippen molar-refractivity contribution in [1.82, 2.24) is 19.7 Å². The highest BCUT2D eigenvalue weighted by Crippen LogP contribution is 2.42. The molecular weight excluding hydrogens is 683 g/mol. The summed E-state index contributed by atoms with van der Waals surface area (Å²) in [5, 5.41) is 7.49. The van der Waals surface area contributed by atoms with E-state index in [0.29, 0.717) is 48.0 Å². The molecule has 2 atom stereocenters. The lowest BCUT2D eigenvalue weighted by atomic mass is 9.79. The van der Waals surface area contributed by atoms with Crippen molar-refractivity contribution >= 4 is 38.0 Å². The number of halogens is 2. The number of carbonyl (C=O) groups is 1. The largest absolute Gasteiger partial charge is 0.469 e. The van der Waals surface area contributed by atoms with E-state index in [1.807, 2.05) is 33.1 Å². The molecule has 0 spiro atoms. The number of hydrogen-bond acceptors (Lipinski definition) is 8. The number of methoxy groups -OCH3 is 1. The second-order valence-electron chi connectivity index (χ2n) is 14.4. The van der Waals surface area contributed by atoms with Crippen molar-refractivity contribution in [2.75, 3.05) is 18.6 Å². The first-order chi connectivity index (χ1) is 23.6. The minimum Gasteiger partial charge on any atom is -0.469 e. The van der Waals surface area contributed by atoms with Gasteiger partial charge in [-0.15, -0.1) is 11.3 Å². The Balaban J connectivity index is 1.47. The van der Waals surface area contributed by atoms with Gasteiger partial charge in [-0.3, -0.25) is 4.79 Å². The fraction of sp³-hybridized carbons (Fsp3) is 0.432. The fourth-order valence-corrected chi connectivity index (χ4v) is 10.1. The first-order valence-electron chi connectivity index (χ1n) is 16.6. The number of benzene rings is 2. The molecule has 1 aliphatic rings. The second kappa shape index (κ2) is 13.6. The number of thiophene rings is 1. The number of fused-ring (bicyclic) bond motifs is 8. The molecule has 3 aromatic heterocycles. The molecule has 2 aromatic carbocycles. The van der Waals surface area contributed by atoms with E-state index in [0.717, 1.165) is 10.4 Å². The highest BCUT2D eigenvalue weighted by Gasteiger charge is 2.37. The van der Waals surface area contributed by atoms with Crippen LogP contribution >= 0.6 is 11.3 Å². The Bertz CT molecular complexity index is 2170. The van der Waals surface area contributed by atoms with E-state index >= 15 is 8.78 Å². The molecule has 4 bridgehead atoms.